The molecule has 0 fully saturated rings. The van der Waals surface area contributed by atoms with Crippen LogP contribution in [0.4, 0.5) is 5.69 Å². The van der Waals surface area contributed by atoms with E-state index in [2.05, 4.69) is 39.8 Å². The number of amides is 2. The minimum Gasteiger partial charge on any atom is -0.329 e. The van der Waals surface area contributed by atoms with Gasteiger partial charge in [0.1, 0.15) is 0 Å². The molecule has 166 valence electrons. The van der Waals surface area contributed by atoms with Crippen molar-refractivity contribution in [3.8, 4) is 0 Å². The summed E-state index contributed by atoms with van der Waals surface area (Å²) in [6.07, 6.45) is 0. The molecule has 0 N–H and O–H groups in total. The summed E-state index contributed by atoms with van der Waals surface area (Å²) in [6.45, 7) is 8.95. The van der Waals surface area contributed by atoms with Gasteiger partial charge in [0.15, 0.2) is 0 Å². The normalized spacial score (nSPS) is 18.1. The van der Waals surface area contributed by atoms with Crippen molar-refractivity contribution in [2.45, 2.75) is 39.7 Å². The van der Waals surface area contributed by atoms with Gasteiger partial charge < -0.3 is 9.80 Å². The van der Waals surface area contributed by atoms with Gasteiger partial charge in [-0.25, -0.2) is 0 Å². The van der Waals surface area contributed by atoms with Crippen LogP contribution in [0.15, 0.2) is 60.0 Å². The van der Waals surface area contributed by atoms with E-state index in [0.717, 1.165) is 21.7 Å². The average molecular weight is 447 g/mol. The van der Waals surface area contributed by atoms with E-state index < -0.39 is 5.92 Å². The maximum absolute atomic E-state index is 14.1. The zero-order valence-corrected chi connectivity index (χ0v) is 20.1. The van der Waals surface area contributed by atoms with Gasteiger partial charge >= 0.3 is 0 Å². The molecule has 5 heteroatoms. The molecule has 4 nitrogen and oxygen atoms in total. The summed E-state index contributed by atoms with van der Waals surface area (Å²) in [4.78, 5) is 32.3. The Morgan fingerprint density at radius 3 is 2.47 bits per heavy atom. The van der Waals surface area contributed by atoms with Crippen molar-refractivity contribution in [3.05, 3.63) is 87.1 Å². The second kappa shape index (κ2) is 8.91. The summed E-state index contributed by atoms with van der Waals surface area (Å²) in [7, 11) is 1.84. The minimum absolute atomic E-state index is 0.000333. The third-order valence-electron chi connectivity index (χ3n) is 6.31. The summed E-state index contributed by atoms with van der Waals surface area (Å²) < 4.78 is 0. The van der Waals surface area contributed by atoms with Crippen LogP contribution >= 0.6 is 11.3 Å². The van der Waals surface area contributed by atoms with Crippen LogP contribution in [0, 0.1) is 19.8 Å². The molecule has 1 aromatic heterocycles. The lowest BCUT2D eigenvalue weighted by molar-refractivity contribution is -0.121. The molecule has 32 heavy (non-hydrogen) atoms. The van der Waals surface area contributed by atoms with Crippen LogP contribution in [0.1, 0.15) is 57.7 Å². The Hall–Kier alpha value is -2.92. The molecular weight excluding hydrogens is 416 g/mol. The van der Waals surface area contributed by atoms with Crippen LogP contribution in [0.3, 0.4) is 0 Å². The molecule has 0 unspecified atom stereocenters. The Labute approximate surface area is 194 Å². The lowest BCUT2D eigenvalue weighted by Gasteiger charge is -2.43. The highest BCUT2D eigenvalue weighted by atomic mass is 32.1. The number of rotatable bonds is 5. The lowest BCUT2D eigenvalue weighted by atomic mass is 9.80. The number of carbonyl (C=O) groups is 2. The molecule has 1 aliphatic rings. The molecule has 2 amide bonds. The maximum atomic E-state index is 14.1. The Morgan fingerprint density at radius 1 is 1.06 bits per heavy atom. The first-order valence-corrected chi connectivity index (χ1v) is 12.0. The third kappa shape index (κ3) is 3.97. The van der Waals surface area contributed by atoms with Crippen LogP contribution in [0.2, 0.25) is 0 Å². The summed E-state index contributed by atoms with van der Waals surface area (Å²) in [5.74, 6) is -0.168. The molecule has 0 aliphatic carbocycles. The largest absolute Gasteiger partial charge is 0.329 e. The molecule has 0 radical (unpaired) electrons. The number of anilines is 1. The van der Waals surface area contributed by atoms with Crippen LogP contribution in [-0.2, 0) is 4.79 Å². The predicted molar refractivity (Wildman–Crippen MR) is 131 cm³/mol. The number of nitrogens with zero attached hydrogens (tertiary/aromatic N) is 2. The number of benzene rings is 2. The van der Waals surface area contributed by atoms with E-state index in [9.17, 15) is 9.59 Å². The van der Waals surface area contributed by atoms with Gasteiger partial charge in [0.25, 0.3) is 5.91 Å². The molecule has 0 saturated carbocycles. The molecule has 4 rings (SSSR count). The Balaban J connectivity index is 1.85. The number of fused-ring (bicyclic) bond motifs is 1. The highest BCUT2D eigenvalue weighted by Crippen LogP contribution is 2.45. The quantitative estimate of drug-likeness (QED) is 0.485. The number of likely N-dealkylation sites (N-methyl/N-ethyl adjacent to an activating group) is 1. The molecule has 0 saturated heterocycles. The number of hydrogen-bond donors (Lipinski definition) is 0. The van der Waals surface area contributed by atoms with Crippen molar-refractivity contribution >= 4 is 28.8 Å². The fraction of sp³-hybridized carbons (Fsp3) is 0.333. The van der Waals surface area contributed by atoms with Crippen molar-refractivity contribution in [1.82, 2.24) is 4.90 Å². The standard InChI is InChI=1S/C27H30N2O2S/c1-17(2)16-29-25(23-11-8-14-32-23)24(21-9-6-7-10-22(21)26(29)30)27(31)28(5)20-13-12-18(3)19(4)15-20/h6-15,17,24-25H,16H2,1-5H3/t24-,25+/m0/s1. The van der Waals surface area contributed by atoms with Crippen molar-refractivity contribution in [1.29, 1.82) is 0 Å². The smallest absolute Gasteiger partial charge is 0.254 e. The summed E-state index contributed by atoms with van der Waals surface area (Å²) >= 11 is 1.61. The molecule has 2 atom stereocenters. The van der Waals surface area contributed by atoms with Gasteiger partial charge in [-0.05, 0) is 66.1 Å². The SMILES string of the molecule is Cc1ccc(N(C)C(=O)[C@H]2c3ccccc3C(=O)N(CC(C)C)[C@@H]2c2cccs2)cc1C. The van der Waals surface area contributed by atoms with E-state index in [0.29, 0.717) is 18.0 Å². The first-order chi connectivity index (χ1) is 15.3. The molecule has 0 bridgehead atoms. The highest BCUT2D eigenvalue weighted by Gasteiger charge is 2.45. The maximum Gasteiger partial charge on any atom is 0.254 e. The van der Waals surface area contributed by atoms with Crippen molar-refractivity contribution in [2.75, 3.05) is 18.5 Å². The molecule has 1 aliphatic heterocycles. The molecule has 2 aromatic carbocycles. The monoisotopic (exact) mass is 446 g/mol. The van der Waals surface area contributed by atoms with Gasteiger partial charge in [0.2, 0.25) is 5.91 Å². The summed E-state index contributed by atoms with van der Waals surface area (Å²) in [5.41, 5.74) is 4.66. The van der Waals surface area contributed by atoms with Crippen LogP contribution in [0.25, 0.3) is 0 Å². The van der Waals surface area contributed by atoms with E-state index in [1.165, 1.54) is 5.56 Å². The Bertz CT molecular complexity index is 1140. The van der Waals surface area contributed by atoms with Gasteiger partial charge in [-0.1, -0.05) is 44.2 Å². The van der Waals surface area contributed by atoms with Crippen LogP contribution in [0.5, 0.6) is 0 Å². The van der Waals surface area contributed by atoms with Gasteiger partial charge in [0.05, 0.1) is 12.0 Å². The number of thiophene rings is 1. The zero-order chi connectivity index (χ0) is 23.0. The fourth-order valence-corrected chi connectivity index (χ4v) is 5.37. The second-order valence-corrected chi connectivity index (χ2v) is 10.0. The predicted octanol–water partition coefficient (Wildman–Crippen LogP) is 5.96. The lowest BCUT2D eigenvalue weighted by Crippen LogP contribution is -2.48. The fourth-order valence-electron chi connectivity index (χ4n) is 4.50. The second-order valence-electron chi connectivity index (χ2n) is 9.04. The van der Waals surface area contributed by atoms with Crippen molar-refractivity contribution in [3.63, 3.8) is 0 Å². The third-order valence-corrected chi connectivity index (χ3v) is 7.25. The van der Waals surface area contributed by atoms with E-state index in [4.69, 9.17) is 0 Å². The van der Waals surface area contributed by atoms with E-state index in [-0.39, 0.29) is 17.9 Å². The molecule has 0 spiro atoms. The average Bonchev–Trinajstić information content (AvgIpc) is 3.30. The Morgan fingerprint density at radius 2 is 1.81 bits per heavy atom. The van der Waals surface area contributed by atoms with E-state index >= 15 is 0 Å². The minimum atomic E-state index is -0.465. The summed E-state index contributed by atoms with van der Waals surface area (Å²) in [5, 5.41) is 2.02. The van der Waals surface area contributed by atoms with Crippen molar-refractivity contribution < 1.29 is 9.59 Å². The molecule has 2 heterocycles. The number of aryl methyl sites for hydroxylation is 2. The van der Waals surface area contributed by atoms with Crippen molar-refractivity contribution in [2.24, 2.45) is 5.92 Å². The highest BCUT2D eigenvalue weighted by molar-refractivity contribution is 7.10. The first-order valence-electron chi connectivity index (χ1n) is 11.1. The zero-order valence-electron chi connectivity index (χ0n) is 19.3. The van der Waals surface area contributed by atoms with Gasteiger partial charge in [-0.3, -0.25) is 9.59 Å². The van der Waals surface area contributed by atoms with Gasteiger partial charge in [-0.15, -0.1) is 11.3 Å². The van der Waals surface area contributed by atoms with Gasteiger partial charge in [-0.2, -0.15) is 0 Å². The topological polar surface area (TPSA) is 40.6 Å². The van der Waals surface area contributed by atoms with Crippen LogP contribution < -0.4 is 4.90 Å². The number of carbonyl (C=O) groups excluding carboxylic acids is 2. The Kier molecular flexibility index (Phi) is 6.20. The van der Waals surface area contributed by atoms with Gasteiger partial charge in [0, 0.05) is 29.7 Å². The first kappa shape index (κ1) is 22.3. The van der Waals surface area contributed by atoms with Crippen LogP contribution in [-0.4, -0.2) is 30.3 Å². The number of hydrogen-bond acceptors (Lipinski definition) is 3. The van der Waals surface area contributed by atoms with E-state index in [1.807, 2.05) is 59.8 Å². The summed E-state index contributed by atoms with van der Waals surface area (Å²) in [6, 6.07) is 17.4. The van der Waals surface area contributed by atoms with E-state index in [1.54, 1.807) is 16.2 Å². The molecular formula is C27H30N2O2S. The molecule has 3 aromatic rings.